The maximum atomic E-state index is 14.2. The number of pyridine rings is 2. The molecule has 1 amide bonds. The molecule has 0 fully saturated rings. The van der Waals surface area contributed by atoms with Gasteiger partial charge in [0, 0.05) is 34.5 Å². The van der Waals surface area contributed by atoms with Crippen molar-refractivity contribution in [3.8, 4) is 22.5 Å². The number of allylic oxidation sites excluding steroid dienone is 3. The summed E-state index contributed by atoms with van der Waals surface area (Å²) in [5.74, 6) is -0.703. The zero-order valence-electron chi connectivity index (χ0n) is 17.5. The molecule has 0 aliphatic heterocycles. The molecule has 0 saturated carbocycles. The van der Waals surface area contributed by atoms with Gasteiger partial charge >= 0.3 is 0 Å². The Balaban J connectivity index is 1.53. The third kappa shape index (κ3) is 3.39. The second kappa shape index (κ2) is 7.57. The Bertz CT molecular complexity index is 1420. The minimum absolute atomic E-state index is 0.307. The van der Waals surface area contributed by atoms with Gasteiger partial charge in [0.15, 0.2) is 0 Å². The molecule has 1 aromatic carbocycles. The van der Waals surface area contributed by atoms with E-state index in [1.165, 1.54) is 6.07 Å². The van der Waals surface area contributed by atoms with Crippen LogP contribution in [-0.2, 0) is 10.2 Å². The van der Waals surface area contributed by atoms with Crippen LogP contribution in [-0.4, -0.2) is 20.3 Å². The Hall–Kier alpha value is -4.06. The number of carbonyl (C=O) groups is 1. The molecule has 1 aliphatic carbocycles. The number of nitrogens with zero attached hydrogens (tertiary/aromatic N) is 3. The molecule has 158 valence electrons. The van der Waals surface area contributed by atoms with Crippen molar-refractivity contribution in [1.29, 1.82) is 0 Å². The van der Waals surface area contributed by atoms with Gasteiger partial charge < -0.3 is 5.73 Å². The maximum Gasteiger partial charge on any atom is 0.244 e. The largest absolute Gasteiger partial charge is 0.366 e. The molecular weight excluding hydrogens is 403 g/mol. The molecule has 1 aliphatic rings. The van der Waals surface area contributed by atoms with E-state index in [4.69, 9.17) is 5.73 Å². The Morgan fingerprint density at radius 3 is 2.81 bits per heavy atom. The van der Waals surface area contributed by atoms with Crippen molar-refractivity contribution in [2.75, 3.05) is 0 Å². The first-order valence-corrected chi connectivity index (χ1v) is 10.3. The SMILES string of the molecule is CC1(c2ccn3c(-c4ccnc(-c5ccccc5F)c4)cnc3c2)C=CC=C(C(N)=O)C1. The molecule has 0 radical (unpaired) electrons. The van der Waals surface area contributed by atoms with E-state index in [1.807, 2.05) is 40.9 Å². The highest BCUT2D eigenvalue weighted by atomic mass is 19.1. The summed E-state index contributed by atoms with van der Waals surface area (Å²) in [7, 11) is 0. The van der Waals surface area contributed by atoms with E-state index < -0.39 is 5.91 Å². The normalized spacial score (nSPS) is 18.0. The van der Waals surface area contributed by atoms with Gasteiger partial charge in [-0.3, -0.25) is 14.2 Å². The lowest BCUT2D eigenvalue weighted by molar-refractivity contribution is -0.114. The van der Waals surface area contributed by atoms with E-state index in [0.717, 1.165) is 22.5 Å². The number of hydrogen-bond acceptors (Lipinski definition) is 3. The summed E-state index contributed by atoms with van der Waals surface area (Å²) in [4.78, 5) is 20.6. The van der Waals surface area contributed by atoms with Crippen molar-refractivity contribution in [2.45, 2.75) is 18.8 Å². The van der Waals surface area contributed by atoms with Gasteiger partial charge in [0.1, 0.15) is 11.5 Å². The summed E-state index contributed by atoms with van der Waals surface area (Å²) < 4.78 is 16.2. The van der Waals surface area contributed by atoms with Crippen LogP contribution in [0.2, 0.25) is 0 Å². The Kier molecular flexibility index (Phi) is 4.70. The van der Waals surface area contributed by atoms with Gasteiger partial charge in [-0.05, 0) is 48.4 Å². The number of halogens is 1. The average Bonchev–Trinajstić information content (AvgIpc) is 3.23. The van der Waals surface area contributed by atoms with E-state index in [0.29, 0.717) is 23.3 Å². The molecule has 6 heteroatoms. The first kappa shape index (κ1) is 19.9. The van der Waals surface area contributed by atoms with Gasteiger partial charge in [-0.2, -0.15) is 0 Å². The van der Waals surface area contributed by atoms with Crippen molar-refractivity contribution >= 4 is 11.6 Å². The minimum atomic E-state index is -0.395. The van der Waals surface area contributed by atoms with Crippen LogP contribution in [0.5, 0.6) is 0 Å². The van der Waals surface area contributed by atoms with Crippen LogP contribution >= 0.6 is 0 Å². The fraction of sp³-hybridized carbons (Fsp3) is 0.115. The van der Waals surface area contributed by atoms with Crippen molar-refractivity contribution in [1.82, 2.24) is 14.4 Å². The highest BCUT2D eigenvalue weighted by molar-refractivity contribution is 5.93. The highest BCUT2D eigenvalue weighted by Gasteiger charge is 2.29. The second-order valence-corrected chi connectivity index (χ2v) is 8.21. The number of fused-ring (bicyclic) bond motifs is 1. The summed E-state index contributed by atoms with van der Waals surface area (Å²) >= 11 is 0. The van der Waals surface area contributed by atoms with Crippen LogP contribution in [0.3, 0.4) is 0 Å². The number of nitrogens with two attached hydrogens (primary N) is 1. The van der Waals surface area contributed by atoms with Crippen molar-refractivity contribution in [3.63, 3.8) is 0 Å². The van der Waals surface area contributed by atoms with Crippen molar-refractivity contribution in [2.24, 2.45) is 5.73 Å². The first-order chi connectivity index (χ1) is 15.4. The number of rotatable bonds is 4. The maximum absolute atomic E-state index is 14.2. The van der Waals surface area contributed by atoms with Crippen LogP contribution in [0.25, 0.3) is 28.2 Å². The van der Waals surface area contributed by atoms with Gasteiger partial charge in [-0.15, -0.1) is 0 Å². The lowest BCUT2D eigenvalue weighted by atomic mass is 9.75. The van der Waals surface area contributed by atoms with E-state index >= 15 is 0 Å². The summed E-state index contributed by atoms with van der Waals surface area (Å²) in [5.41, 5.74) is 10.4. The van der Waals surface area contributed by atoms with E-state index in [-0.39, 0.29) is 11.2 Å². The number of aromatic nitrogens is 3. The summed E-state index contributed by atoms with van der Waals surface area (Å²) in [6, 6.07) is 14.4. The van der Waals surface area contributed by atoms with E-state index in [1.54, 1.807) is 36.7 Å². The zero-order chi connectivity index (χ0) is 22.3. The van der Waals surface area contributed by atoms with Gasteiger partial charge in [0.05, 0.1) is 17.6 Å². The lowest BCUT2D eigenvalue weighted by Gasteiger charge is -2.29. The molecular formula is C26H21FN4O. The van der Waals surface area contributed by atoms with Crippen LogP contribution < -0.4 is 5.73 Å². The fourth-order valence-corrected chi connectivity index (χ4v) is 4.21. The molecule has 1 atom stereocenters. The van der Waals surface area contributed by atoms with Crippen molar-refractivity contribution < 1.29 is 9.18 Å². The molecule has 3 aromatic heterocycles. The molecule has 2 N–H and O–H groups in total. The quantitative estimate of drug-likeness (QED) is 0.510. The third-order valence-electron chi connectivity index (χ3n) is 6.01. The molecule has 32 heavy (non-hydrogen) atoms. The van der Waals surface area contributed by atoms with Crippen LogP contribution in [0.1, 0.15) is 18.9 Å². The zero-order valence-corrected chi connectivity index (χ0v) is 17.5. The molecule has 4 aromatic rings. The third-order valence-corrected chi connectivity index (χ3v) is 6.01. The van der Waals surface area contributed by atoms with Gasteiger partial charge in [0.2, 0.25) is 5.91 Å². The standard InChI is InChI=1S/C26H21FN4O/c1-26(10-4-5-18(15-26)25(28)32)19-9-12-31-23(16-30-24(31)14-19)17-8-11-29-22(13-17)20-6-2-3-7-21(20)27/h2-14,16H,15H2,1H3,(H2,28,32). The Labute approximate surface area is 184 Å². The predicted octanol–water partition coefficient (Wildman–Crippen LogP) is 4.83. The van der Waals surface area contributed by atoms with E-state index in [2.05, 4.69) is 23.0 Å². The summed E-state index contributed by atoms with van der Waals surface area (Å²) in [6.07, 6.45) is 11.7. The molecule has 5 nitrogen and oxygen atoms in total. The molecule has 0 spiro atoms. The first-order valence-electron chi connectivity index (χ1n) is 10.3. The summed E-state index contributed by atoms with van der Waals surface area (Å²) in [5, 5.41) is 0. The van der Waals surface area contributed by atoms with E-state index in [9.17, 15) is 9.18 Å². The highest BCUT2D eigenvalue weighted by Crippen LogP contribution is 2.36. The summed E-state index contributed by atoms with van der Waals surface area (Å²) in [6.45, 7) is 2.08. The number of amides is 1. The number of carbonyl (C=O) groups excluding carboxylic acids is 1. The number of benzene rings is 1. The van der Waals surface area contributed by atoms with Gasteiger partial charge in [-0.1, -0.05) is 37.3 Å². The smallest absolute Gasteiger partial charge is 0.244 e. The number of hydrogen-bond donors (Lipinski definition) is 1. The minimum Gasteiger partial charge on any atom is -0.366 e. The average molecular weight is 424 g/mol. The van der Waals surface area contributed by atoms with Crippen molar-refractivity contribution in [3.05, 3.63) is 102 Å². The van der Waals surface area contributed by atoms with Crippen LogP contribution in [0.15, 0.2) is 90.9 Å². The van der Waals surface area contributed by atoms with Gasteiger partial charge in [-0.25, -0.2) is 9.37 Å². The van der Waals surface area contributed by atoms with Crippen LogP contribution in [0.4, 0.5) is 4.39 Å². The molecule has 5 rings (SSSR count). The topological polar surface area (TPSA) is 73.3 Å². The Morgan fingerprint density at radius 1 is 1.16 bits per heavy atom. The molecule has 1 unspecified atom stereocenters. The molecule has 0 saturated heterocycles. The molecule has 3 heterocycles. The van der Waals surface area contributed by atoms with Gasteiger partial charge in [0.25, 0.3) is 0 Å². The second-order valence-electron chi connectivity index (χ2n) is 8.21. The Morgan fingerprint density at radius 2 is 2.00 bits per heavy atom. The fourth-order valence-electron chi connectivity index (χ4n) is 4.21. The monoisotopic (exact) mass is 424 g/mol. The lowest BCUT2D eigenvalue weighted by Crippen LogP contribution is -2.27. The molecule has 0 bridgehead atoms. The number of imidazole rings is 1. The van der Waals surface area contributed by atoms with Crippen LogP contribution in [0, 0.1) is 5.82 Å². The predicted molar refractivity (Wildman–Crippen MR) is 122 cm³/mol. The number of primary amides is 1.